The van der Waals surface area contributed by atoms with Gasteiger partial charge in [0.05, 0.1) is 10.6 Å². The zero-order chi connectivity index (χ0) is 13.1. The molecule has 1 atom stereocenters. The van der Waals surface area contributed by atoms with Gasteiger partial charge < -0.3 is 10.6 Å². The topological polar surface area (TPSA) is 46.3 Å². The number of piperidine rings is 1. The normalized spacial score (nSPS) is 18.7. The molecule has 3 nitrogen and oxygen atoms in total. The van der Waals surface area contributed by atoms with Gasteiger partial charge in [-0.15, -0.1) is 0 Å². The van der Waals surface area contributed by atoms with E-state index in [9.17, 15) is 4.79 Å². The van der Waals surface area contributed by atoms with Crippen LogP contribution in [0.2, 0.25) is 5.02 Å². The molecule has 0 bridgehead atoms. The number of hydrogen-bond donors (Lipinski definition) is 1. The van der Waals surface area contributed by atoms with Crippen LogP contribution < -0.4 is 5.73 Å². The van der Waals surface area contributed by atoms with Gasteiger partial charge in [-0.3, -0.25) is 4.79 Å². The van der Waals surface area contributed by atoms with E-state index in [0.717, 1.165) is 25.9 Å². The molecule has 4 heteroatoms. The maximum absolute atomic E-state index is 12.3. The zero-order valence-electron chi connectivity index (χ0n) is 10.6. The van der Waals surface area contributed by atoms with Gasteiger partial charge in [-0.2, -0.15) is 0 Å². The van der Waals surface area contributed by atoms with Crippen LogP contribution >= 0.6 is 11.6 Å². The van der Waals surface area contributed by atoms with E-state index >= 15 is 0 Å². The lowest BCUT2D eigenvalue weighted by Crippen LogP contribution is -2.42. The van der Waals surface area contributed by atoms with Crippen LogP contribution in [-0.2, 0) is 0 Å². The Morgan fingerprint density at radius 1 is 1.39 bits per heavy atom. The highest BCUT2D eigenvalue weighted by molar-refractivity contribution is 6.33. The standard InChI is InChI=1S/C14H19ClN2O/c1-10(16)11-6-8-17(9-7-11)14(18)12-4-2-3-5-13(12)15/h2-5,10-11H,6-9,16H2,1H3. The van der Waals surface area contributed by atoms with Crippen molar-refractivity contribution in [2.24, 2.45) is 11.7 Å². The molecule has 1 amide bonds. The largest absolute Gasteiger partial charge is 0.339 e. The van der Waals surface area contributed by atoms with Crippen LogP contribution in [0.5, 0.6) is 0 Å². The number of likely N-dealkylation sites (tertiary alicyclic amines) is 1. The van der Waals surface area contributed by atoms with E-state index in [2.05, 4.69) is 0 Å². The van der Waals surface area contributed by atoms with Gasteiger partial charge in [0.15, 0.2) is 0 Å². The van der Waals surface area contributed by atoms with Crippen molar-refractivity contribution in [3.8, 4) is 0 Å². The predicted octanol–water partition coefficient (Wildman–Crippen LogP) is 2.54. The molecule has 18 heavy (non-hydrogen) atoms. The van der Waals surface area contributed by atoms with Gasteiger partial charge in [0.25, 0.3) is 5.91 Å². The fourth-order valence-electron chi connectivity index (χ4n) is 2.43. The Morgan fingerprint density at radius 2 is 2.00 bits per heavy atom. The molecular formula is C14H19ClN2O. The first-order chi connectivity index (χ1) is 8.59. The number of hydrogen-bond acceptors (Lipinski definition) is 2. The number of nitrogens with zero attached hydrogens (tertiary/aromatic N) is 1. The van der Waals surface area contributed by atoms with E-state index in [4.69, 9.17) is 17.3 Å². The molecule has 0 spiro atoms. The van der Waals surface area contributed by atoms with Crippen LogP contribution in [0.4, 0.5) is 0 Å². The number of nitrogens with two attached hydrogens (primary N) is 1. The van der Waals surface area contributed by atoms with Crippen LogP contribution in [-0.4, -0.2) is 29.9 Å². The van der Waals surface area contributed by atoms with Gasteiger partial charge in [0, 0.05) is 19.1 Å². The Balaban J connectivity index is 2.02. The van der Waals surface area contributed by atoms with E-state index in [1.54, 1.807) is 12.1 Å². The molecule has 1 aromatic carbocycles. The first kappa shape index (κ1) is 13.4. The number of rotatable bonds is 2. The number of carbonyl (C=O) groups excluding carboxylic acids is 1. The average molecular weight is 267 g/mol. The van der Waals surface area contributed by atoms with Crippen molar-refractivity contribution in [1.29, 1.82) is 0 Å². The second-order valence-electron chi connectivity index (χ2n) is 4.97. The van der Waals surface area contributed by atoms with Gasteiger partial charge in [0.2, 0.25) is 0 Å². The number of carbonyl (C=O) groups is 1. The van der Waals surface area contributed by atoms with Crippen LogP contribution in [0.1, 0.15) is 30.1 Å². The van der Waals surface area contributed by atoms with Crippen molar-refractivity contribution in [2.45, 2.75) is 25.8 Å². The van der Waals surface area contributed by atoms with E-state index in [1.807, 2.05) is 24.0 Å². The highest BCUT2D eigenvalue weighted by atomic mass is 35.5. The molecule has 0 aromatic heterocycles. The van der Waals surface area contributed by atoms with Crippen LogP contribution in [0.15, 0.2) is 24.3 Å². The van der Waals surface area contributed by atoms with Crippen LogP contribution in [0.25, 0.3) is 0 Å². The summed E-state index contributed by atoms with van der Waals surface area (Å²) in [5.74, 6) is 0.559. The zero-order valence-corrected chi connectivity index (χ0v) is 11.4. The first-order valence-corrected chi connectivity index (χ1v) is 6.76. The molecule has 1 unspecified atom stereocenters. The van der Waals surface area contributed by atoms with Gasteiger partial charge in [-0.1, -0.05) is 23.7 Å². The summed E-state index contributed by atoms with van der Waals surface area (Å²) in [6.07, 6.45) is 1.96. The minimum absolute atomic E-state index is 0.0312. The third kappa shape index (κ3) is 2.85. The highest BCUT2D eigenvalue weighted by Crippen LogP contribution is 2.23. The highest BCUT2D eigenvalue weighted by Gasteiger charge is 2.26. The van der Waals surface area contributed by atoms with Crippen molar-refractivity contribution < 1.29 is 4.79 Å². The minimum Gasteiger partial charge on any atom is -0.339 e. The van der Waals surface area contributed by atoms with Crippen LogP contribution in [0.3, 0.4) is 0 Å². The van der Waals surface area contributed by atoms with E-state index in [-0.39, 0.29) is 11.9 Å². The van der Waals surface area contributed by atoms with Gasteiger partial charge in [-0.25, -0.2) is 0 Å². The molecule has 2 N–H and O–H groups in total. The van der Waals surface area contributed by atoms with E-state index < -0.39 is 0 Å². The summed E-state index contributed by atoms with van der Waals surface area (Å²) in [6.45, 7) is 3.59. The monoisotopic (exact) mass is 266 g/mol. The summed E-state index contributed by atoms with van der Waals surface area (Å²) in [5, 5.41) is 0.525. The Hall–Kier alpha value is -1.06. The lowest BCUT2D eigenvalue weighted by molar-refractivity contribution is 0.0681. The van der Waals surface area contributed by atoms with Crippen LogP contribution in [0, 0.1) is 5.92 Å². The third-order valence-corrected chi connectivity index (χ3v) is 4.00. The van der Waals surface area contributed by atoms with Crippen molar-refractivity contribution in [3.05, 3.63) is 34.9 Å². The summed E-state index contributed by atoms with van der Waals surface area (Å²) in [5.41, 5.74) is 6.50. The molecule has 98 valence electrons. The maximum Gasteiger partial charge on any atom is 0.255 e. The number of halogens is 1. The van der Waals surface area contributed by atoms with E-state index in [1.165, 1.54) is 0 Å². The summed E-state index contributed by atoms with van der Waals surface area (Å²) >= 11 is 6.05. The van der Waals surface area contributed by atoms with Gasteiger partial charge >= 0.3 is 0 Å². The third-order valence-electron chi connectivity index (χ3n) is 3.67. The molecular weight excluding hydrogens is 248 g/mol. The summed E-state index contributed by atoms with van der Waals surface area (Å²) in [6, 6.07) is 7.42. The Labute approximate surface area is 113 Å². The molecule has 1 heterocycles. The van der Waals surface area contributed by atoms with E-state index in [0.29, 0.717) is 16.5 Å². The van der Waals surface area contributed by atoms with Gasteiger partial charge in [-0.05, 0) is 37.8 Å². The minimum atomic E-state index is 0.0312. The van der Waals surface area contributed by atoms with Crippen molar-refractivity contribution in [3.63, 3.8) is 0 Å². The molecule has 1 aliphatic rings. The molecule has 2 rings (SSSR count). The summed E-state index contributed by atoms with van der Waals surface area (Å²) < 4.78 is 0. The lowest BCUT2D eigenvalue weighted by Gasteiger charge is -2.33. The lowest BCUT2D eigenvalue weighted by atomic mass is 9.90. The summed E-state index contributed by atoms with van der Waals surface area (Å²) in [4.78, 5) is 14.2. The Kier molecular flexibility index (Phi) is 4.25. The fraction of sp³-hybridized carbons (Fsp3) is 0.500. The average Bonchev–Trinajstić information content (AvgIpc) is 2.38. The Bertz CT molecular complexity index is 426. The van der Waals surface area contributed by atoms with Crippen molar-refractivity contribution in [1.82, 2.24) is 4.90 Å². The smallest absolute Gasteiger partial charge is 0.255 e. The maximum atomic E-state index is 12.3. The molecule has 0 radical (unpaired) electrons. The number of amides is 1. The van der Waals surface area contributed by atoms with Crippen molar-refractivity contribution in [2.75, 3.05) is 13.1 Å². The Morgan fingerprint density at radius 3 is 2.56 bits per heavy atom. The SMILES string of the molecule is CC(N)C1CCN(C(=O)c2ccccc2Cl)CC1. The number of benzene rings is 1. The fourth-order valence-corrected chi connectivity index (χ4v) is 2.65. The predicted molar refractivity (Wildman–Crippen MR) is 73.7 cm³/mol. The quantitative estimate of drug-likeness (QED) is 0.894. The second kappa shape index (κ2) is 5.72. The van der Waals surface area contributed by atoms with Crippen molar-refractivity contribution >= 4 is 17.5 Å². The van der Waals surface area contributed by atoms with Gasteiger partial charge in [0.1, 0.15) is 0 Å². The molecule has 1 saturated heterocycles. The summed E-state index contributed by atoms with van der Waals surface area (Å²) in [7, 11) is 0. The molecule has 1 fully saturated rings. The first-order valence-electron chi connectivity index (χ1n) is 6.39. The molecule has 0 saturated carbocycles. The molecule has 1 aromatic rings. The molecule has 1 aliphatic heterocycles. The molecule has 0 aliphatic carbocycles. The second-order valence-corrected chi connectivity index (χ2v) is 5.38.